The van der Waals surface area contributed by atoms with E-state index in [-0.39, 0.29) is 39.3 Å². The van der Waals surface area contributed by atoms with Crippen molar-refractivity contribution in [1.82, 2.24) is 34.6 Å². The molecule has 15 heteroatoms. The number of fused-ring (bicyclic) bond motifs is 1. The monoisotopic (exact) mass is 669 g/mol. The van der Waals surface area contributed by atoms with Crippen LogP contribution in [0.4, 0.5) is 9.59 Å². The molecule has 0 aliphatic heterocycles. The molecule has 0 spiro atoms. The van der Waals surface area contributed by atoms with E-state index >= 15 is 0 Å². The summed E-state index contributed by atoms with van der Waals surface area (Å²) in [4.78, 5) is 61.7. The van der Waals surface area contributed by atoms with Gasteiger partial charge in [-0.25, -0.2) is 24.4 Å². The van der Waals surface area contributed by atoms with Crippen LogP contribution in [0.1, 0.15) is 45.6 Å². The Balaban J connectivity index is 1.71. The van der Waals surface area contributed by atoms with Crippen LogP contribution < -0.4 is 10.6 Å². The van der Waals surface area contributed by atoms with Crippen LogP contribution in [0.15, 0.2) is 55.6 Å². The predicted molar refractivity (Wildman–Crippen MR) is 177 cm³/mol. The first kappa shape index (κ1) is 36.7. The molecule has 0 fully saturated rings. The van der Waals surface area contributed by atoms with Crippen LogP contribution in [-0.2, 0) is 44.0 Å². The highest BCUT2D eigenvalue weighted by Gasteiger charge is 2.31. The summed E-state index contributed by atoms with van der Waals surface area (Å²) in [6, 6.07) is 8.32. The van der Waals surface area contributed by atoms with E-state index in [0.717, 1.165) is 5.56 Å². The van der Waals surface area contributed by atoms with Crippen LogP contribution in [0.5, 0.6) is 0 Å². The molecule has 14 nitrogen and oxygen atoms in total. The zero-order valence-electron chi connectivity index (χ0n) is 27.3. The molecule has 2 aromatic heterocycles. The van der Waals surface area contributed by atoms with E-state index in [9.17, 15) is 19.2 Å². The highest BCUT2D eigenvalue weighted by molar-refractivity contribution is 7.71. The normalized spacial score (nSPS) is 11.7. The Morgan fingerprint density at radius 1 is 1.02 bits per heavy atom. The number of imidazole rings is 1. The second-order valence-corrected chi connectivity index (χ2v) is 12.0. The second kappa shape index (κ2) is 17.8. The van der Waals surface area contributed by atoms with Crippen LogP contribution >= 0.6 is 12.2 Å². The third-order valence-corrected chi connectivity index (χ3v) is 7.19. The minimum absolute atomic E-state index is 0.00969. The summed E-state index contributed by atoms with van der Waals surface area (Å²) in [5.41, 5.74) is 1.04. The Morgan fingerprint density at radius 3 is 2.45 bits per heavy atom. The average Bonchev–Trinajstić information content (AvgIpc) is 3.43. The molecule has 0 saturated carbocycles. The van der Waals surface area contributed by atoms with Crippen LogP contribution in [0, 0.1) is 4.64 Å². The minimum Gasteiger partial charge on any atom is -0.460 e. The van der Waals surface area contributed by atoms with Gasteiger partial charge < -0.3 is 38.9 Å². The summed E-state index contributed by atoms with van der Waals surface area (Å²) in [5.74, 6) is -1.06. The van der Waals surface area contributed by atoms with Crippen LogP contribution in [-0.4, -0.2) is 85.9 Å². The first-order valence-corrected chi connectivity index (χ1v) is 15.6. The summed E-state index contributed by atoms with van der Waals surface area (Å²) in [5, 5.41) is 5.35. The summed E-state index contributed by atoms with van der Waals surface area (Å²) in [6.45, 7) is 9.01. The Labute approximate surface area is 279 Å². The van der Waals surface area contributed by atoms with Crippen molar-refractivity contribution in [3.8, 4) is 0 Å². The average molecular weight is 670 g/mol. The molecule has 1 atom stereocenters. The van der Waals surface area contributed by atoms with Crippen molar-refractivity contribution in [1.29, 1.82) is 0 Å². The molecular weight excluding hydrogens is 626 g/mol. The number of esters is 1. The van der Waals surface area contributed by atoms with Gasteiger partial charge in [0.2, 0.25) is 5.91 Å². The summed E-state index contributed by atoms with van der Waals surface area (Å²) < 4.78 is 19.6. The van der Waals surface area contributed by atoms with Crippen molar-refractivity contribution in [2.75, 3.05) is 26.2 Å². The standard InChI is InChI=1S/C32H43N7O7S/c1-6-18-44-29(41)24(14-10-11-15-33-30(42)45-20-23-12-8-7-9-13-23)39(17-16-34-31(43)46-32(2,3)4)25(40)19-38-22-35-26-27(38)36-21-37(5)28(26)47/h6-9,12-13,21-22,24H,1,10-11,14-20H2,2-5H3,(H,33,42)(H,34,43)/t24-/m1/s1. The third-order valence-electron chi connectivity index (χ3n) is 6.71. The molecule has 254 valence electrons. The number of carbonyl (C=O) groups excluding carboxylic acids is 4. The number of rotatable bonds is 16. The lowest BCUT2D eigenvalue weighted by Gasteiger charge is -2.31. The highest BCUT2D eigenvalue weighted by atomic mass is 32.1. The van der Waals surface area contributed by atoms with E-state index in [4.69, 9.17) is 26.4 Å². The van der Waals surface area contributed by atoms with Crippen LogP contribution in [0.3, 0.4) is 0 Å². The van der Waals surface area contributed by atoms with E-state index < -0.39 is 35.7 Å². The highest BCUT2D eigenvalue weighted by Crippen LogP contribution is 2.16. The fraction of sp³-hybridized carbons (Fsp3) is 0.469. The van der Waals surface area contributed by atoms with E-state index in [0.29, 0.717) is 35.2 Å². The van der Waals surface area contributed by atoms with Crippen molar-refractivity contribution in [3.05, 3.63) is 65.8 Å². The fourth-order valence-corrected chi connectivity index (χ4v) is 4.68. The van der Waals surface area contributed by atoms with Crippen molar-refractivity contribution >= 4 is 47.4 Å². The molecule has 0 aliphatic rings. The molecule has 3 rings (SSSR count). The third kappa shape index (κ3) is 11.8. The quantitative estimate of drug-likeness (QED) is 0.0749. The van der Waals surface area contributed by atoms with Gasteiger partial charge in [-0.1, -0.05) is 55.2 Å². The van der Waals surface area contributed by atoms with Gasteiger partial charge in [0, 0.05) is 26.7 Å². The Bertz CT molecular complexity index is 1580. The van der Waals surface area contributed by atoms with E-state index in [1.165, 1.54) is 23.6 Å². The molecule has 0 radical (unpaired) electrons. The number of aromatic nitrogens is 4. The van der Waals surface area contributed by atoms with E-state index in [1.54, 1.807) is 37.0 Å². The van der Waals surface area contributed by atoms with Gasteiger partial charge in [0.25, 0.3) is 0 Å². The van der Waals surface area contributed by atoms with Crippen LogP contribution in [0.25, 0.3) is 11.2 Å². The van der Waals surface area contributed by atoms with Gasteiger partial charge in [0.1, 0.15) is 41.6 Å². The SMILES string of the molecule is C=CCOC(=O)[C@@H](CCCCNC(=O)OCc1ccccc1)N(CCNC(=O)OC(C)(C)C)C(=O)Cn1cnc2c(=S)n(C)cnc21. The maximum absolute atomic E-state index is 13.9. The zero-order chi connectivity index (χ0) is 34.4. The number of hydrogen-bond donors (Lipinski definition) is 2. The lowest BCUT2D eigenvalue weighted by Crippen LogP contribution is -2.50. The second-order valence-electron chi connectivity index (χ2n) is 11.6. The van der Waals surface area contributed by atoms with Crippen LogP contribution in [0.2, 0.25) is 0 Å². The van der Waals surface area contributed by atoms with Gasteiger partial charge in [-0.05, 0) is 45.6 Å². The predicted octanol–water partition coefficient (Wildman–Crippen LogP) is 4.05. The molecule has 0 bridgehead atoms. The molecule has 1 aromatic carbocycles. The van der Waals surface area contributed by atoms with E-state index in [2.05, 4.69) is 27.2 Å². The lowest BCUT2D eigenvalue weighted by atomic mass is 10.1. The number of unbranched alkanes of at least 4 members (excludes halogenated alkanes) is 1. The molecule has 0 saturated heterocycles. The number of benzene rings is 1. The van der Waals surface area contributed by atoms with Gasteiger partial charge in [0.05, 0.1) is 12.7 Å². The molecule has 2 N–H and O–H groups in total. The number of nitrogens with one attached hydrogen (secondary N) is 2. The topological polar surface area (TPSA) is 159 Å². The van der Waals surface area contributed by atoms with Gasteiger partial charge in [-0.3, -0.25) is 4.79 Å². The molecular formula is C32H43N7O7S. The van der Waals surface area contributed by atoms with Crippen molar-refractivity contribution in [2.45, 2.75) is 64.8 Å². The smallest absolute Gasteiger partial charge is 0.407 e. The first-order valence-electron chi connectivity index (χ1n) is 15.2. The van der Waals surface area contributed by atoms with Gasteiger partial charge in [-0.2, -0.15) is 0 Å². The van der Waals surface area contributed by atoms with Gasteiger partial charge >= 0.3 is 18.2 Å². The van der Waals surface area contributed by atoms with Gasteiger partial charge in [-0.15, -0.1) is 0 Å². The molecule has 3 amide bonds. The maximum atomic E-state index is 13.9. The zero-order valence-corrected chi connectivity index (χ0v) is 28.1. The molecule has 3 aromatic rings. The number of carbonyl (C=O) groups is 4. The Kier molecular flexibility index (Phi) is 13.9. The van der Waals surface area contributed by atoms with E-state index in [1.807, 2.05) is 30.3 Å². The Hall–Kier alpha value is -4.79. The number of alkyl carbamates (subject to hydrolysis) is 2. The number of nitrogens with zero attached hydrogens (tertiary/aromatic N) is 5. The molecule has 0 aliphatic carbocycles. The van der Waals surface area contributed by atoms with Gasteiger partial charge in [0.15, 0.2) is 5.65 Å². The number of ether oxygens (including phenoxy) is 3. The number of aryl methyl sites for hydroxylation is 1. The number of hydrogen-bond acceptors (Lipinski definition) is 10. The molecule has 2 heterocycles. The Morgan fingerprint density at radius 2 is 1.74 bits per heavy atom. The molecule has 47 heavy (non-hydrogen) atoms. The fourth-order valence-electron chi connectivity index (χ4n) is 4.49. The van der Waals surface area contributed by atoms with Crippen molar-refractivity contribution in [3.63, 3.8) is 0 Å². The lowest BCUT2D eigenvalue weighted by molar-refractivity contribution is -0.154. The maximum Gasteiger partial charge on any atom is 0.407 e. The summed E-state index contributed by atoms with van der Waals surface area (Å²) in [7, 11) is 1.75. The first-order chi connectivity index (χ1) is 22.4. The van der Waals surface area contributed by atoms with Crippen molar-refractivity contribution < 1.29 is 33.4 Å². The summed E-state index contributed by atoms with van der Waals surface area (Å²) in [6.07, 6.45) is 4.41. The van der Waals surface area contributed by atoms with Crippen molar-refractivity contribution in [2.24, 2.45) is 7.05 Å². The molecule has 0 unspecified atom stereocenters. The summed E-state index contributed by atoms with van der Waals surface area (Å²) >= 11 is 5.43. The number of amides is 3. The largest absolute Gasteiger partial charge is 0.460 e. The minimum atomic E-state index is -0.997.